The zero-order valence-electron chi connectivity index (χ0n) is 8.55. The molecule has 0 fully saturated rings. The second-order valence-corrected chi connectivity index (χ2v) is 4.89. The van der Waals surface area contributed by atoms with Gasteiger partial charge in [-0.1, -0.05) is 0 Å². The first-order chi connectivity index (χ1) is 7.56. The molecule has 0 amide bonds. The van der Waals surface area contributed by atoms with Gasteiger partial charge in [0.15, 0.2) is 5.11 Å². The third-order valence-corrected chi connectivity index (χ3v) is 4.04. The highest BCUT2D eigenvalue weighted by molar-refractivity contribution is 9.10. The maximum atomic E-state index is 8.79. The molecule has 0 aliphatic rings. The van der Waals surface area contributed by atoms with E-state index in [1.54, 1.807) is 6.21 Å². The minimum Gasteiger partial charge on any atom is -0.394 e. The van der Waals surface area contributed by atoms with Gasteiger partial charge in [0.05, 0.1) is 34.4 Å². The molecule has 3 N–H and O–H groups in total. The predicted molar refractivity (Wildman–Crippen MR) is 72.7 cm³/mol. The van der Waals surface area contributed by atoms with Crippen molar-refractivity contribution in [2.24, 2.45) is 10.8 Å². The number of hydrogen-bond acceptors (Lipinski definition) is 5. The van der Waals surface area contributed by atoms with Crippen LogP contribution < -0.4 is 5.73 Å². The number of aliphatic hydroxyl groups is 1. The average Bonchev–Trinajstić information content (AvgIpc) is 2.55. The molecule has 8 heteroatoms. The lowest BCUT2D eigenvalue weighted by molar-refractivity contribution is 0.254. The molecule has 1 rings (SSSR count). The number of rotatable bonds is 4. The van der Waals surface area contributed by atoms with Crippen LogP contribution in [0.25, 0.3) is 0 Å². The number of hydrogen-bond donors (Lipinski definition) is 2. The third kappa shape index (κ3) is 3.48. The van der Waals surface area contributed by atoms with Crippen LogP contribution in [0.2, 0.25) is 0 Å². The fourth-order valence-corrected chi connectivity index (χ4v) is 2.21. The summed E-state index contributed by atoms with van der Waals surface area (Å²) in [4.78, 5) is 0.886. The van der Waals surface area contributed by atoms with E-state index in [0.29, 0.717) is 0 Å². The summed E-state index contributed by atoms with van der Waals surface area (Å²) in [5.74, 6) is 0. The second kappa shape index (κ2) is 6.24. The molecular weight excluding hydrogens is 312 g/mol. The molecule has 0 aliphatic heterocycles. The molecule has 16 heavy (non-hydrogen) atoms. The summed E-state index contributed by atoms with van der Waals surface area (Å²) in [5.41, 5.74) is 6.35. The highest BCUT2D eigenvalue weighted by Gasteiger charge is 2.07. The Hall–Kier alpha value is -0.570. The van der Waals surface area contributed by atoms with Crippen LogP contribution in [0, 0.1) is 6.92 Å². The third-order valence-electron chi connectivity index (χ3n) is 1.70. The second-order valence-electron chi connectivity index (χ2n) is 2.88. The molecule has 0 radical (unpaired) electrons. The molecule has 1 aromatic rings. The molecule has 0 saturated heterocycles. The summed E-state index contributed by atoms with van der Waals surface area (Å²) in [6.45, 7) is 2.12. The van der Waals surface area contributed by atoms with Crippen LogP contribution >= 0.6 is 39.7 Å². The molecule has 0 spiro atoms. The number of hydrazone groups is 1. The van der Waals surface area contributed by atoms with Gasteiger partial charge in [-0.3, -0.25) is 0 Å². The van der Waals surface area contributed by atoms with E-state index in [9.17, 15) is 0 Å². The van der Waals surface area contributed by atoms with Crippen molar-refractivity contribution >= 4 is 51.0 Å². The van der Waals surface area contributed by atoms with E-state index >= 15 is 0 Å². The van der Waals surface area contributed by atoms with Gasteiger partial charge < -0.3 is 10.8 Å². The Labute approximate surface area is 111 Å². The van der Waals surface area contributed by atoms with Crippen molar-refractivity contribution in [3.63, 3.8) is 0 Å². The first kappa shape index (κ1) is 13.5. The Morgan fingerprint density at radius 3 is 2.94 bits per heavy atom. The molecular formula is C8H11BrN4OS2. The first-order valence-electron chi connectivity index (χ1n) is 4.40. The number of aromatic nitrogens is 1. The number of halogens is 1. The highest BCUT2D eigenvalue weighted by atomic mass is 79.9. The summed E-state index contributed by atoms with van der Waals surface area (Å²) in [6, 6.07) is 0. The molecule has 1 aromatic heterocycles. The van der Waals surface area contributed by atoms with Gasteiger partial charge in [-0.2, -0.15) is 9.47 Å². The molecule has 0 bridgehead atoms. The maximum Gasteiger partial charge on any atom is 0.187 e. The van der Waals surface area contributed by atoms with Gasteiger partial charge in [-0.05, 0) is 46.6 Å². The Bertz CT molecular complexity index is 407. The zero-order chi connectivity index (χ0) is 12.1. The lowest BCUT2D eigenvalue weighted by Crippen LogP contribution is -2.33. The Morgan fingerprint density at radius 1 is 1.81 bits per heavy atom. The van der Waals surface area contributed by atoms with Crippen LogP contribution in [0.4, 0.5) is 0 Å². The van der Waals surface area contributed by atoms with E-state index < -0.39 is 0 Å². The average molecular weight is 323 g/mol. The summed E-state index contributed by atoms with van der Waals surface area (Å²) < 4.78 is 5.07. The van der Waals surface area contributed by atoms with E-state index in [4.69, 9.17) is 23.1 Å². The van der Waals surface area contributed by atoms with Gasteiger partial charge in [0, 0.05) is 0 Å². The van der Waals surface area contributed by atoms with Crippen molar-refractivity contribution in [2.75, 3.05) is 13.2 Å². The number of aliphatic hydroxyl groups excluding tert-OH is 1. The first-order valence-corrected chi connectivity index (χ1v) is 6.37. The smallest absolute Gasteiger partial charge is 0.187 e. The van der Waals surface area contributed by atoms with Crippen LogP contribution in [0.3, 0.4) is 0 Å². The van der Waals surface area contributed by atoms with E-state index in [1.807, 2.05) is 6.92 Å². The highest BCUT2D eigenvalue weighted by Crippen LogP contribution is 2.22. The molecule has 1 heterocycles. The minimum absolute atomic E-state index is 0.0580. The van der Waals surface area contributed by atoms with Crippen molar-refractivity contribution in [3.8, 4) is 0 Å². The SMILES string of the molecule is Cc1nsc(/C=N/N(CCO)C(N)=S)c1Br. The Balaban J connectivity index is 2.78. The molecule has 0 aromatic carbocycles. The Kier molecular flexibility index (Phi) is 5.26. The van der Waals surface area contributed by atoms with Gasteiger partial charge in [0.2, 0.25) is 0 Å². The quantitative estimate of drug-likeness (QED) is 0.493. The predicted octanol–water partition coefficient (Wildman–Crippen LogP) is 1.09. The van der Waals surface area contributed by atoms with E-state index in [0.717, 1.165) is 15.0 Å². The van der Waals surface area contributed by atoms with Gasteiger partial charge in [0.1, 0.15) is 0 Å². The van der Waals surface area contributed by atoms with Gasteiger partial charge in [-0.15, -0.1) is 0 Å². The van der Waals surface area contributed by atoms with E-state index in [-0.39, 0.29) is 18.3 Å². The van der Waals surface area contributed by atoms with Crippen molar-refractivity contribution in [3.05, 3.63) is 15.0 Å². The number of nitrogens with two attached hydrogens (primary N) is 1. The zero-order valence-corrected chi connectivity index (χ0v) is 11.8. The lowest BCUT2D eigenvalue weighted by Gasteiger charge is -2.14. The summed E-state index contributed by atoms with van der Waals surface area (Å²) in [7, 11) is 0. The van der Waals surface area contributed by atoms with Gasteiger partial charge in [-0.25, -0.2) is 5.01 Å². The summed E-state index contributed by atoms with van der Waals surface area (Å²) in [6.07, 6.45) is 1.61. The van der Waals surface area contributed by atoms with E-state index in [2.05, 4.69) is 25.4 Å². The van der Waals surface area contributed by atoms with Crippen LogP contribution in [0.15, 0.2) is 9.57 Å². The van der Waals surface area contributed by atoms with Crippen molar-refractivity contribution in [2.45, 2.75) is 6.92 Å². The van der Waals surface area contributed by atoms with E-state index in [1.165, 1.54) is 16.5 Å². The van der Waals surface area contributed by atoms with Gasteiger partial charge >= 0.3 is 0 Å². The summed E-state index contributed by atoms with van der Waals surface area (Å²) >= 11 is 9.52. The Morgan fingerprint density at radius 2 is 2.50 bits per heavy atom. The normalized spacial score (nSPS) is 10.9. The van der Waals surface area contributed by atoms with Crippen LogP contribution in [0.1, 0.15) is 10.6 Å². The fraction of sp³-hybridized carbons (Fsp3) is 0.375. The van der Waals surface area contributed by atoms with Crippen LogP contribution in [-0.4, -0.2) is 39.0 Å². The molecule has 88 valence electrons. The topological polar surface area (TPSA) is 74.7 Å². The number of aryl methyl sites for hydroxylation is 1. The largest absolute Gasteiger partial charge is 0.394 e. The van der Waals surface area contributed by atoms with Crippen LogP contribution in [0.5, 0.6) is 0 Å². The van der Waals surface area contributed by atoms with Crippen molar-refractivity contribution in [1.29, 1.82) is 0 Å². The molecule has 0 unspecified atom stereocenters. The number of thiocarbonyl (C=S) groups is 1. The standard InChI is InChI=1S/C8H11BrN4OS2/c1-5-7(9)6(16-12-5)4-11-13(2-3-14)8(10)15/h4,14H,2-3H2,1H3,(H2,10,15)/b11-4+. The monoisotopic (exact) mass is 322 g/mol. The maximum absolute atomic E-state index is 8.79. The minimum atomic E-state index is -0.0580. The lowest BCUT2D eigenvalue weighted by atomic mass is 10.4. The number of nitrogens with zero attached hydrogens (tertiary/aromatic N) is 3. The molecule has 0 saturated carbocycles. The summed E-state index contributed by atoms with van der Waals surface area (Å²) in [5, 5.41) is 14.4. The van der Waals surface area contributed by atoms with Gasteiger partial charge in [0.25, 0.3) is 0 Å². The van der Waals surface area contributed by atoms with Crippen molar-refractivity contribution in [1.82, 2.24) is 9.38 Å². The fourth-order valence-electron chi connectivity index (χ4n) is 0.898. The molecule has 0 aliphatic carbocycles. The molecule has 0 atom stereocenters. The van der Waals surface area contributed by atoms with Crippen LogP contribution in [-0.2, 0) is 0 Å². The molecule has 5 nitrogen and oxygen atoms in total. The van der Waals surface area contributed by atoms with Crippen molar-refractivity contribution < 1.29 is 5.11 Å².